The Kier molecular flexibility index (Phi) is 3.51. The Morgan fingerprint density at radius 1 is 1.29 bits per heavy atom. The van der Waals surface area contributed by atoms with E-state index in [1.807, 2.05) is 0 Å². The summed E-state index contributed by atoms with van der Waals surface area (Å²) in [6.07, 6.45) is -0.488. The van der Waals surface area contributed by atoms with Crippen molar-refractivity contribution in [3.8, 4) is 0 Å². The van der Waals surface area contributed by atoms with Crippen LogP contribution in [-0.4, -0.2) is 36.8 Å². The zero-order valence-corrected chi connectivity index (χ0v) is 9.24. The molecule has 2 rings (SSSR count). The Hall–Kier alpha value is -1.30. The molecule has 2 heterocycles. The van der Waals surface area contributed by atoms with Crippen LogP contribution in [0.25, 0.3) is 0 Å². The summed E-state index contributed by atoms with van der Waals surface area (Å²) in [5.74, 6) is 0. The van der Waals surface area contributed by atoms with E-state index in [4.69, 9.17) is 0 Å². The lowest BCUT2D eigenvalue weighted by atomic mass is 10.2. The van der Waals surface area contributed by atoms with Gasteiger partial charge in [0.05, 0.1) is 0 Å². The van der Waals surface area contributed by atoms with Crippen molar-refractivity contribution >= 4 is 5.69 Å². The average Bonchev–Trinajstić information content (AvgIpc) is 2.54. The second kappa shape index (κ2) is 4.91. The van der Waals surface area contributed by atoms with Crippen molar-refractivity contribution < 1.29 is 13.2 Å². The number of halogens is 3. The summed E-state index contributed by atoms with van der Waals surface area (Å²) in [4.78, 5) is 5.23. The van der Waals surface area contributed by atoms with E-state index in [1.165, 1.54) is 17.3 Å². The highest BCUT2D eigenvalue weighted by molar-refractivity contribution is 5.46. The molecule has 1 aliphatic heterocycles. The first-order valence-electron chi connectivity index (χ1n) is 5.53. The molecule has 6 heteroatoms. The number of anilines is 1. The van der Waals surface area contributed by atoms with Crippen LogP contribution in [0.5, 0.6) is 0 Å². The zero-order valence-electron chi connectivity index (χ0n) is 9.24. The predicted molar refractivity (Wildman–Crippen MR) is 58.9 cm³/mol. The summed E-state index contributed by atoms with van der Waals surface area (Å²) in [6, 6.07) is 1.76. The molecular formula is C11H14F3N3. The topological polar surface area (TPSA) is 28.2 Å². The first-order chi connectivity index (χ1) is 8.09. The normalized spacial score (nSPS) is 22.3. The third-order valence-corrected chi connectivity index (χ3v) is 2.84. The molecule has 1 saturated heterocycles. The van der Waals surface area contributed by atoms with E-state index in [2.05, 4.69) is 10.3 Å². The smallest absolute Gasteiger partial charge is 0.359 e. The van der Waals surface area contributed by atoms with Crippen LogP contribution in [0.3, 0.4) is 0 Å². The maximum atomic E-state index is 13.0. The van der Waals surface area contributed by atoms with Gasteiger partial charge in [0.2, 0.25) is 0 Å². The molecule has 3 nitrogen and oxygen atoms in total. The Labute approximate surface area is 97.6 Å². The minimum Gasteiger partial charge on any atom is -0.359 e. The third-order valence-electron chi connectivity index (χ3n) is 2.84. The Morgan fingerprint density at radius 2 is 2.00 bits per heavy atom. The second-order valence-electron chi connectivity index (χ2n) is 4.01. The Bertz CT molecular complexity index is 353. The van der Waals surface area contributed by atoms with E-state index in [1.54, 1.807) is 12.1 Å². The molecule has 17 heavy (non-hydrogen) atoms. The molecule has 94 valence electrons. The van der Waals surface area contributed by atoms with E-state index in [0.29, 0.717) is 25.2 Å². The number of hydrogen-bond donors (Lipinski definition) is 1. The predicted octanol–water partition coefficient (Wildman–Crippen LogP) is 1.81. The molecule has 1 aromatic rings. The van der Waals surface area contributed by atoms with E-state index >= 15 is 0 Å². The lowest BCUT2D eigenvalue weighted by Gasteiger charge is -2.33. The monoisotopic (exact) mass is 245 g/mol. The van der Waals surface area contributed by atoms with Gasteiger partial charge in [-0.15, -0.1) is 0 Å². The number of nitrogens with one attached hydrogen (secondary N) is 1. The van der Waals surface area contributed by atoms with Gasteiger partial charge in [-0.05, 0) is 25.1 Å². The van der Waals surface area contributed by atoms with Gasteiger partial charge in [-0.3, -0.25) is 4.98 Å². The fraction of sp³-hybridized carbons (Fsp3) is 0.545. The second-order valence-corrected chi connectivity index (χ2v) is 4.01. The molecule has 0 amide bonds. The summed E-state index contributed by atoms with van der Waals surface area (Å²) in [6.45, 7) is 0.960. The maximum Gasteiger partial charge on any atom is 0.409 e. The van der Waals surface area contributed by atoms with Crippen LogP contribution in [-0.2, 0) is 0 Å². The van der Waals surface area contributed by atoms with E-state index < -0.39 is 12.2 Å². The summed E-state index contributed by atoms with van der Waals surface area (Å²) in [5, 5.41) is 2.83. The first kappa shape index (κ1) is 12.2. The highest BCUT2D eigenvalue weighted by Gasteiger charge is 2.44. The number of pyridine rings is 1. The van der Waals surface area contributed by atoms with Crippen LogP contribution in [0, 0.1) is 0 Å². The van der Waals surface area contributed by atoms with Crippen molar-refractivity contribution in [2.45, 2.75) is 18.6 Å². The summed E-state index contributed by atoms with van der Waals surface area (Å²) >= 11 is 0. The van der Waals surface area contributed by atoms with Crippen molar-refractivity contribution in [2.24, 2.45) is 0 Å². The molecule has 1 N–H and O–H groups in total. The van der Waals surface area contributed by atoms with Crippen LogP contribution in [0.4, 0.5) is 18.9 Å². The highest BCUT2D eigenvalue weighted by Crippen LogP contribution is 2.29. The number of alkyl halides is 3. The molecule has 0 aliphatic carbocycles. The van der Waals surface area contributed by atoms with Crippen LogP contribution in [0.1, 0.15) is 6.42 Å². The van der Waals surface area contributed by atoms with Crippen LogP contribution >= 0.6 is 0 Å². The van der Waals surface area contributed by atoms with Gasteiger partial charge in [-0.1, -0.05) is 0 Å². The molecule has 1 unspecified atom stereocenters. The summed E-state index contributed by atoms with van der Waals surface area (Å²) in [7, 11) is 0. The number of rotatable bonds is 1. The fourth-order valence-corrected chi connectivity index (χ4v) is 2.02. The average molecular weight is 245 g/mol. The maximum absolute atomic E-state index is 13.0. The SMILES string of the molecule is FC(F)(F)C1CNCCCN1c1ccncc1. The van der Waals surface area contributed by atoms with Crippen LogP contribution in [0.15, 0.2) is 24.5 Å². The molecule has 0 bridgehead atoms. The fourth-order valence-electron chi connectivity index (χ4n) is 2.02. The quantitative estimate of drug-likeness (QED) is 0.818. The standard InChI is InChI=1S/C11H14F3N3/c12-11(13,14)10-8-16-4-1-7-17(10)9-2-5-15-6-3-9/h2-3,5-6,10,16H,1,4,7-8H2. The molecular weight excluding hydrogens is 231 g/mol. The van der Waals surface area contributed by atoms with Crippen LogP contribution < -0.4 is 10.2 Å². The molecule has 1 aliphatic rings. The molecule has 0 saturated carbocycles. The third kappa shape index (κ3) is 2.88. The Morgan fingerprint density at radius 3 is 2.65 bits per heavy atom. The van der Waals surface area contributed by atoms with Gasteiger partial charge in [0.15, 0.2) is 0 Å². The van der Waals surface area contributed by atoms with Crippen molar-refractivity contribution in [1.29, 1.82) is 0 Å². The van der Waals surface area contributed by atoms with Crippen molar-refractivity contribution in [3.63, 3.8) is 0 Å². The van der Waals surface area contributed by atoms with Gasteiger partial charge < -0.3 is 10.2 Å². The lowest BCUT2D eigenvalue weighted by Crippen LogP contribution is -2.49. The molecule has 0 radical (unpaired) electrons. The van der Waals surface area contributed by atoms with Crippen LogP contribution in [0.2, 0.25) is 0 Å². The number of nitrogens with zero attached hydrogens (tertiary/aromatic N) is 2. The summed E-state index contributed by atoms with van der Waals surface area (Å²) in [5.41, 5.74) is 0.575. The number of aromatic nitrogens is 1. The van der Waals surface area contributed by atoms with Gasteiger partial charge in [0.1, 0.15) is 6.04 Å². The largest absolute Gasteiger partial charge is 0.409 e. The van der Waals surface area contributed by atoms with Gasteiger partial charge in [0, 0.05) is 31.2 Å². The van der Waals surface area contributed by atoms with E-state index in [0.717, 1.165) is 0 Å². The molecule has 0 spiro atoms. The van der Waals surface area contributed by atoms with Crippen molar-refractivity contribution in [1.82, 2.24) is 10.3 Å². The van der Waals surface area contributed by atoms with Gasteiger partial charge >= 0.3 is 6.18 Å². The van der Waals surface area contributed by atoms with Gasteiger partial charge in [-0.2, -0.15) is 13.2 Å². The lowest BCUT2D eigenvalue weighted by molar-refractivity contribution is -0.147. The van der Waals surface area contributed by atoms with E-state index in [9.17, 15) is 13.2 Å². The Balaban J connectivity index is 2.27. The van der Waals surface area contributed by atoms with E-state index in [-0.39, 0.29) is 6.54 Å². The summed E-state index contributed by atoms with van der Waals surface area (Å²) < 4.78 is 38.9. The molecule has 1 aromatic heterocycles. The van der Waals surface area contributed by atoms with Gasteiger partial charge in [-0.25, -0.2) is 0 Å². The molecule has 1 fully saturated rings. The zero-order chi connectivity index (χ0) is 12.3. The first-order valence-corrected chi connectivity index (χ1v) is 5.53. The van der Waals surface area contributed by atoms with Crippen molar-refractivity contribution in [2.75, 3.05) is 24.5 Å². The number of hydrogen-bond acceptors (Lipinski definition) is 3. The molecule has 1 atom stereocenters. The minimum atomic E-state index is -4.22. The minimum absolute atomic E-state index is 0.0637. The van der Waals surface area contributed by atoms with Crippen molar-refractivity contribution in [3.05, 3.63) is 24.5 Å². The molecule has 0 aromatic carbocycles. The van der Waals surface area contributed by atoms with Gasteiger partial charge in [0.25, 0.3) is 0 Å². The highest BCUT2D eigenvalue weighted by atomic mass is 19.4.